The third-order valence-electron chi connectivity index (χ3n) is 3.76. The predicted molar refractivity (Wildman–Crippen MR) is 98.7 cm³/mol. The normalized spacial score (nSPS) is 14.9. The zero-order valence-electron chi connectivity index (χ0n) is 16.0. The molecule has 1 aromatic rings. The van der Waals surface area contributed by atoms with Crippen molar-refractivity contribution >= 4 is 0 Å². The first-order valence-electron chi connectivity index (χ1n) is 8.78. The van der Waals surface area contributed by atoms with Gasteiger partial charge in [-0.2, -0.15) is 0 Å². The second-order valence-corrected chi connectivity index (χ2v) is 6.07. The fourth-order valence-electron chi connectivity index (χ4n) is 2.11. The minimum absolute atomic E-state index is 0.209. The van der Waals surface area contributed by atoms with Gasteiger partial charge in [-0.3, -0.25) is 0 Å². The average molecular weight is 368 g/mol. The SMILES string of the molecule is CCCOC(C)c1cc(OC(/C=C(F)\C=C(\C)CC)=C(/C)F)ccc1F. The van der Waals surface area contributed by atoms with Crippen LogP contribution in [0.1, 0.15) is 59.1 Å². The summed E-state index contributed by atoms with van der Waals surface area (Å²) in [6.07, 6.45) is 3.33. The second-order valence-electron chi connectivity index (χ2n) is 6.07. The summed E-state index contributed by atoms with van der Waals surface area (Å²) in [7, 11) is 0. The molecule has 1 unspecified atom stereocenters. The van der Waals surface area contributed by atoms with E-state index in [-0.39, 0.29) is 11.5 Å². The molecule has 0 N–H and O–H groups in total. The Hall–Kier alpha value is -2.01. The molecule has 0 bridgehead atoms. The van der Waals surface area contributed by atoms with Crippen molar-refractivity contribution in [3.05, 3.63) is 64.7 Å². The van der Waals surface area contributed by atoms with Crippen molar-refractivity contribution < 1.29 is 22.6 Å². The molecule has 144 valence electrons. The van der Waals surface area contributed by atoms with Gasteiger partial charge >= 0.3 is 0 Å². The number of hydrogen-bond acceptors (Lipinski definition) is 2. The van der Waals surface area contributed by atoms with Gasteiger partial charge in [0.25, 0.3) is 0 Å². The summed E-state index contributed by atoms with van der Waals surface area (Å²) < 4.78 is 52.8. The van der Waals surface area contributed by atoms with Crippen LogP contribution in [0, 0.1) is 5.82 Å². The Kier molecular flexibility index (Phi) is 9.21. The number of allylic oxidation sites excluding steroid dienone is 5. The van der Waals surface area contributed by atoms with Crippen molar-refractivity contribution in [2.24, 2.45) is 0 Å². The monoisotopic (exact) mass is 368 g/mol. The quantitative estimate of drug-likeness (QED) is 0.342. The molecule has 0 aliphatic heterocycles. The molecule has 0 fully saturated rings. The van der Waals surface area contributed by atoms with Gasteiger partial charge in [-0.25, -0.2) is 13.2 Å². The van der Waals surface area contributed by atoms with E-state index in [1.165, 1.54) is 31.2 Å². The number of hydrogen-bond donors (Lipinski definition) is 0. The summed E-state index contributed by atoms with van der Waals surface area (Å²) in [6, 6.07) is 4.04. The number of benzene rings is 1. The molecule has 26 heavy (non-hydrogen) atoms. The van der Waals surface area contributed by atoms with Crippen LogP contribution < -0.4 is 4.74 Å². The van der Waals surface area contributed by atoms with Crippen LogP contribution in [0.15, 0.2) is 53.3 Å². The molecule has 0 radical (unpaired) electrons. The van der Waals surface area contributed by atoms with Crippen molar-refractivity contribution in [1.82, 2.24) is 0 Å². The lowest BCUT2D eigenvalue weighted by Crippen LogP contribution is -2.04. The molecule has 0 aliphatic rings. The molecular formula is C21H27F3O2. The largest absolute Gasteiger partial charge is 0.455 e. The van der Waals surface area contributed by atoms with E-state index in [9.17, 15) is 13.2 Å². The lowest BCUT2D eigenvalue weighted by molar-refractivity contribution is 0.0637. The minimum Gasteiger partial charge on any atom is -0.455 e. The first-order chi connectivity index (χ1) is 12.3. The summed E-state index contributed by atoms with van der Waals surface area (Å²) >= 11 is 0. The van der Waals surface area contributed by atoms with Crippen LogP contribution in [0.5, 0.6) is 5.75 Å². The summed E-state index contributed by atoms with van der Waals surface area (Å²) in [5.74, 6) is -1.78. The highest BCUT2D eigenvalue weighted by Gasteiger charge is 2.14. The molecule has 1 aromatic carbocycles. The number of halogens is 3. The second kappa shape index (κ2) is 10.9. The van der Waals surface area contributed by atoms with Crippen molar-refractivity contribution in [2.75, 3.05) is 6.61 Å². The Balaban J connectivity index is 3.07. The van der Waals surface area contributed by atoms with Crippen molar-refractivity contribution in [3.8, 4) is 5.75 Å². The predicted octanol–water partition coefficient (Wildman–Crippen LogP) is 7.10. The minimum atomic E-state index is -0.677. The fourth-order valence-corrected chi connectivity index (χ4v) is 2.11. The van der Waals surface area contributed by atoms with Crippen LogP contribution in [0.2, 0.25) is 0 Å². The van der Waals surface area contributed by atoms with E-state index in [4.69, 9.17) is 9.47 Å². The van der Waals surface area contributed by atoms with Crippen LogP contribution in [-0.4, -0.2) is 6.61 Å². The number of rotatable bonds is 9. The highest BCUT2D eigenvalue weighted by Crippen LogP contribution is 2.27. The molecule has 2 nitrogen and oxygen atoms in total. The first kappa shape index (κ1) is 22.0. The molecule has 0 aliphatic carbocycles. The van der Waals surface area contributed by atoms with Gasteiger partial charge in [0, 0.05) is 18.2 Å². The van der Waals surface area contributed by atoms with Crippen LogP contribution in [0.4, 0.5) is 13.2 Å². The van der Waals surface area contributed by atoms with Crippen LogP contribution in [-0.2, 0) is 4.74 Å². The maximum Gasteiger partial charge on any atom is 0.161 e. The highest BCUT2D eigenvalue weighted by molar-refractivity contribution is 5.35. The van der Waals surface area contributed by atoms with Crippen molar-refractivity contribution in [2.45, 2.75) is 53.6 Å². The molecule has 0 amide bonds. The van der Waals surface area contributed by atoms with E-state index in [1.807, 2.05) is 13.8 Å². The Bertz CT molecular complexity index is 686. The Morgan fingerprint density at radius 1 is 1.15 bits per heavy atom. The first-order valence-corrected chi connectivity index (χ1v) is 8.78. The Labute approximate surface area is 154 Å². The van der Waals surface area contributed by atoms with Gasteiger partial charge in [-0.05, 0) is 57.9 Å². The van der Waals surface area contributed by atoms with Gasteiger partial charge < -0.3 is 9.47 Å². The molecule has 0 saturated carbocycles. The highest BCUT2D eigenvalue weighted by atomic mass is 19.1. The standard InChI is InChI=1S/C21H27F3O2/c1-6-10-25-16(5)19-13-18(8-9-20(19)24)26-21(15(4)22)12-17(23)11-14(3)7-2/h8-9,11-13,16H,6-7,10H2,1-5H3/b14-11-,17-12+,21-15-. The van der Waals surface area contributed by atoms with Gasteiger partial charge in [0.05, 0.1) is 6.10 Å². The lowest BCUT2D eigenvalue weighted by Gasteiger charge is -2.15. The molecule has 0 heterocycles. The fraction of sp³-hybridized carbons (Fsp3) is 0.429. The van der Waals surface area contributed by atoms with E-state index in [0.29, 0.717) is 18.6 Å². The van der Waals surface area contributed by atoms with Gasteiger partial charge in [0.1, 0.15) is 23.2 Å². The molecule has 0 saturated heterocycles. The Morgan fingerprint density at radius 3 is 2.42 bits per heavy atom. The summed E-state index contributed by atoms with van der Waals surface area (Å²) in [6.45, 7) is 9.04. The van der Waals surface area contributed by atoms with Crippen molar-refractivity contribution in [3.63, 3.8) is 0 Å². The van der Waals surface area contributed by atoms with Crippen LogP contribution in [0.3, 0.4) is 0 Å². The van der Waals surface area contributed by atoms with Crippen LogP contribution in [0.25, 0.3) is 0 Å². The average Bonchev–Trinajstić information content (AvgIpc) is 2.60. The lowest BCUT2D eigenvalue weighted by atomic mass is 10.1. The summed E-state index contributed by atoms with van der Waals surface area (Å²) in [5.41, 5.74) is 1.12. The van der Waals surface area contributed by atoms with Crippen LogP contribution >= 0.6 is 0 Å². The maximum absolute atomic E-state index is 14.0. The van der Waals surface area contributed by atoms with E-state index < -0.39 is 23.6 Å². The third-order valence-corrected chi connectivity index (χ3v) is 3.76. The van der Waals surface area contributed by atoms with E-state index >= 15 is 0 Å². The summed E-state index contributed by atoms with van der Waals surface area (Å²) in [4.78, 5) is 0. The topological polar surface area (TPSA) is 18.5 Å². The van der Waals surface area contributed by atoms with Crippen molar-refractivity contribution in [1.29, 1.82) is 0 Å². The van der Waals surface area contributed by atoms with Gasteiger partial charge in [-0.15, -0.1) is 0 Å². The molecule has 1 atom stereocenters. The maximum atomic E-state index is 14.0. The van der Waals surface area contributed by atoms with Gasteiger partial charge in [0.2, 0.25) is 0 Å². The summed E-state index contributed by atoms with van der Waals surface area (Å²) in [5, 5.41) is 0. The number of ether oxygens (including phenoxy) is 2. The van der Waals surface area contributed by atoms with Gasteiger partial charge in [-0.1, -0.05) is 19.4 Å². The smallest absolute Gasteiger partial charge is 0.161 e. The zero-order valence-corrected chi connectivity index (χ0v) is 16.0. The van der Waals surface area contributed by atoms with E-state index in [0.717, 1.165) is 18.1 Å². The Morgan fingerprint density at radius 2 is 1.85 bits per heavy atom. The molecular weight excluding hydrogens is 341 g/mol. The van der Waals surface area contributed by atoms with E-state index in [2.05, 4.69) is 0 Å². The van der Waals surface area contributed by atoms with Gasteiger partial charge in [0.15, 0.2) is 5.76 Å². The molecule has 0 spiro atoms. The molecule has 0 aromatic heterocycles. The molecule has 5 heteroatoms. The zero-order chi connectivity index (χ0) is 19.7. The molecule has 1 rings (SSSR count). The van der Waals surface area contributed by atoms with E-state index in [1.54, 1.807) is 13.8 Å². The third kappa shape index (κ3) is 7.08.